The first-order chi connectivity index (χ1) is 18.1. The number of hydrogen-bond acceptors (Lipinski definition) is 7. The molecular formula is C26H33N3O7S2. The first-order valence-corrected chi connectivity index (χ1v) is 15.6. The second-order valence-corrected chi connectivity index (χ2v) is 14.0. The zero-order valence-electron chi connectivity index (χ0n) is 21.7. The minimum atomic E-state index is -4.05. The van der Waals surface area contributed by atoms with Gasteiger partial charge in [-0.05, 0) is 49.6 Å². The van der Waals surface area contributed by atoms with Gasteiger partial charge in [0, 0.05) is 53.8 Å². The molecule has 1 fully saturated rings. The number of nitrogens with zero attached hydrogens (tertiary/aromatic N) is 2. The van der Waals surface area contributed by atoms with E-state index in [0.29, 0.717) is 30.0 Å². The third-order valence-corrected chi connectivity index (χ3v) is 11.7. The highest BCUT2D eigenvalue weighted by molar-refractivity contribution is 7.89. The molecular weight excluding hydrogens is 530 g/mol. The van der Waals surface area contributed by atoms with E-state index in [-0.39, 0.29) is 30.3 Å². The highest BCUT2D eigenvalue weighted by Crippen LogP contribution is 2.50. The molecule has 2 aliphatic heterocycles. The number of aliphatic hydroxyl groups excluding tert-OH is 1. The van der Waals surface area contributed by atoms with Crippen molar-refractivity contribution in [1.29, 1.82) is 0 Å². The Morgan fingerprint density at radius 3 is 2.34 bits per heavy atom. The van der Waals surface area contributed by atoms with Gasteiger partial charge in [0.15, 0.2) is 0 Å². The van der Waals surface area contributed by atoms with Crippen LogP contribution in [0.1, 0.15) is 37.1 Å². The summed E-state index contributed by atoms with van der Waals surface area (Å²) in [5, 5.41) is 11.5. The average Bonchev–Trinajstić information content (AvgIpc) is 3.33. The van der Waals surface area contributed by atoms with E-state index in [1.165, 1.54) is 27.9 Å². The molecule has 3 heterocycles. The van der Waals surface area contributed by atoms with Gasteiger partial charge in [-0.2, -0.15) is 4.31 Å². The zero-order valence-corrected chi connectivity index (χ0v) is 23.3. The third kappa shape index (κ3) is 4.28. The number of sulfonamides is 2. The molecule has 12 heteroatoms. The number of fused-ring (bicyclic) bond motifs is 4. The van der Waals surface area contributed by atoms with Crippen molar-refractivity contribution in [2.24, 2.45) is 0 Å². The van der Waals surface area contributed by atoms with Crippen molar-refractivity contribution < 1.29 is 31.4 Å². The van der Waals surface area contributed by atoms with E-state index >= 15 is 0 Å². The number of ether oxygens (including phenoxy) is 2. The van der Waals surface area contributed by atoms with Gasteiger partial charge in [0.25, 0.3) is 0 Å². The first-order valence-electron chi connectivity index (χ1n) is 12.5. The summed E-state index contributed by atoms with van der Waals surface area (Å²) in [6, 6.07) is 11.1. The molecule has 0 bridgehead atoms. The van der Waals surface area contributed by atoms with Gasteiger partial charge in [-0.25, -0.2) is 21.1 Å². The smallest absolute Gasteiger partial charge is 0.243 e. The number of aromatic nitrogens is 1. The standard InChI is InChI=1S/C26H33N3O7S2/c1-4-37(31,32)28-12-10-26(11-13-28)17-29(38(33,34)20-7-5-6-18(14-20)35-2)23(16-30)25-24(26)21-9-8-19(36-3)15-22(21)27-25/h5-9,14-15,23,27,30H,4,10-13,16-17H2,1-3H3/t23-/m0/s1. The van der Waals surface area contributed by atoms with Crippen LogP contribution in [0, 0.1) is 0 Å². The predicted molar refractivity (Wildman–Crippen MR) is 144 cm³/mol. The summed E-state index contributed by atoms with van der Waals surface area (Å²) in [5.41, 5.74) is 1.69. The molecule has 0 saturated carbocycles. The van der Waals surface area contributed by atoms with Crippen LogP contribution in [0.15, 0.2) is 47.4 Å². The van der Waals surface area contributed by atoms with Crippen molar-refractivity contribution >= 4 is 30.9 Å². The Labute approximate surface area is 223 Å². The second-order valence-electron chi connectivity index (χ2n) is 9.83. The lowest BCUT2D eigenvalue weighted by molar-refractivity contribution is 0.117. The second kappa shape index (κ2) is 9.83. The van der Waals surface area contributed by atoms with Crippen molar-refractivity contribution in [3.05, 3.63) is 53.7 Å². The van der Waals surface area contributed by atoms with Gasteiger partial charge in [0.2, 0.25) is 20.0 Å². The Balaban J connectivity index is 1.68. The lowest BCUT2D eigenvalue weighted by atomic mass is 9.69. The summed E-state index contributed by atoms with van der Waals surface area (Å²) in [5.74, 6) is 1.08. The number of aliphatic hydroxyl groups is 1. The number of rotatable bonds is 7. The Hall–Kier alpha value is -2.64. The number of piperidine rings is 1. The van der Waals surface area contributed by atoms with Gasteiger partial charge in [-0.15, -0.1) is 0 Å². The van der Waals surface area contributed by atoms with Gasteiger partial charge in [-0.3, -0.25) is 0 Å². The van der Waals surface area contributed by atoms with Crippen LogP contribution in [0.2, 0.25) is 0 Å². The molecule has 10 nitrogen and oxygen atoms in total. The largest absolute Gasteiger partial charge is 0.497 e. The summed E-state index contributed by atoms with van der Waals surface area (Å²) in [7, 11) is -4.38. The van der Waals surface area contributed by atoms with Crippen LogP contribution in [0.25, 0.3) is 10.9 Å². The topological polar surface area (TPSA) is 129 Å². The van der Waals surface area contributed by atoms with Crippen LogP contribution in [-0.2, 0) is 25.5 Å². The number of hydrogen-bond donors (Lipinski definition) is 2. The van der Waals surface area contributed by atoms with Crippen LogP contribution in [0.4, 0.5) is 0 Å². The Bertz CT molecular complexity index is 1560. The molecule has 206 valence electrons. The van der Waals surface area contributed by atoms with E-state index in [4.69, 9.17) is 9.47 Å². The highest BCUT2D eigenvalue weighted by Gasteiger charge is 2.51. The van der Waals surface area contributed by atoms with Crippen LogP contribution in [0.5, 0.6) is 11.5 Å². The van der Waals surface area contributed by atoms with Crippen LogP contribution in [-0.4, -0.2) is 81.8 Å². The van der Waals surface area contributed by atoms with Gasteiger partial charge in [0.05, 0.1) is 37.5 Å². The lowest BCUT2D eigenvalue weighted by Crippen LogP contribution is -2.55. The normalized spacial score (nSPS) is 20.5. The minimum Gasteiger partial charge on any atom is -0.497 e. The molecule has 38 heavy (non-hydrogen) atoms. The molecule has 0 amide bonds. The Morgan fingerprint density at radius 1 is 1.03 bits per heavy atom. The number of H-pyrrole nitrogens is 1. The van der Waals surface area contributed by atoms with Gasteiger partial charge >= 0.3 is 0 Å². The fourth-order valence-corrected chi connectivity index (χ4v) is 8.71. The number of nitrogens with one attached hydrogen (secondary N) is 1. The molecule has 5 rings (SSSR count). The Kier molecular flexibility index (Phi) is 6.97. The number of aromatic amines is 1. The fraction of sp³-hybridized carbons (Fsp3) is 0.462. The molecule has 0 aliphatic carbocycles. The fourth-order valence-electron chi connectivity index (χ4n) is 5.89. The number of methoxy groups -OCH3 is 2. The molecule has 2 aromatic carbocycles. The van der Waals surface area contributed by atoms with Crippen molar-refractivity contribution in [2.45, 2.75) is 36.1 Å². The predicted octanol–water partition coefficient (Wildman–Crippen LogP) is 2.61. The molecule has 1 aromatic heterocycles. The SMILES string of the molecule is CCS(=O)(=O)N1CCC2(CC1)CN(S(=O)(=O)c1cccc(OC)c1)[C@@H](CO)c1[nH]c3cc(OC)ccc3c12. The van der Waals surface area contributed by atoms with E-state index in [2.05, 4.69) is 4.98 Å². The molecule has 0 radical (unpaired) electrons. The quantitative estimate of drug-likeness (QED) is 0.452. The maximum absolute atomic E-state index is 14.1. The average molecular weight is 564 g/mol. The van der Waals surface area contributed by atoms with E-state index in [0.717, 1.165) is 16.5 Å². The van der Waals surface area contributed by atoms with Gasteiger partial charge < -0.3 is 19.6 Å². The van der Waals surface area contributed by atoms with Gasteiger partial charge in [-0.1, -0.05) is 6.07 Å². The summed E-state index contributed by atoms with van der Waals surface area (Å²) >= 11 is 0. The number of benzene rings is 2. The van der Waals surface area contributed by atoms with Crippen LogP contribution >= 0.6 is 0 Å². The van der Waals surface area contributed by atoms with E-state index in [1.807, 2.05) is 18.2 Å². The molecule has 1 saturated heterocycles. The molecule has 1 spiro atoms. The molecule has 0 unspecified atom stereocenters. The zero-order chi connectivity index (χ0) is 27.3. The summed E-state index contributed by atoms with van der Waals surface area (Å²) in [6.45, 7) is 1.89. The maximum atomic E-state index is 14.1. The summed E-state index contributed by atoms with van der Waals surface area (Å²) in [6.07, 6.45) is 0.890. The van der Waals surface area contributed by atoms with Gasteiger partial charge in [0.1, 0.15) is 11.5 Å². The van der Waals surface area contributed by atoms with Crippen LogP contribution < -0.4 is 9.47 Å². The molecule has 2 N–H and O–H groups in total. The van der Waals surface area contributed by atoms with Crippen molar-refractivity contribution in [3.63, 3.8) is 0 Å². The van der Waals surface area contributed by atoms with E-state index in [1.54, 1.807) is 26.2 Å². The minimum absolute atomic E-state index is 0.0149. The van der Waals surface area contributed by atoms with Crippen molar-refractivity contribution in [3.8, 4) is 11.5 Å². The molecule has 3 aromatic rings. The molecule has 1 atom stereocenters. The first kappa shape index (κ1) is 26.9. The van der Waals surface area contributed by atoms with Crippen molar-refractivity contribution in [1.82, 2.24) is 13.6 Å². The van der Waals surface area contributed by atoms with E-state index in [9.17, 15) is 21.9 Å². The van der Waals surface area contributed by atoms with E-state index < -0.39 is 38.1 Å². The van der Waals surface area contributed by atoms with Crippen LogP contribution in [0.3, 0.4) is 0 Å². The maximum Gasteiger partial charge on any atom is 0.243 e. The summed E-state index contributed by atoms with van der Waals surface area (Å²) < 4.78 is 66.9. The lowest BCUT2D eigenvalue weighted by Gasteiger charge is -2.49. The molecule has 2 aliphatic rings. The Morgan fingerprint density at radius 2 is 1.71 bits per heavy atom. The summed E-state index contributed by atoms with van der Waals surface area (Å²) in [4.78, 5) is 3.46. The third-order valence-electron chi connectivity index (χ3n) is 7.96. The van der Waals surface area contributed by atoms with Crippen molar-refractivity contribution in [2.75, 3.05) is 46.2 Å². The highest BCUT2D eigenvalue weighted by atomic mass is 32.2. The monoisotopic (exact) mass is 563 g/mol.